The summed E-state index contributed by atoms with van der Waals surface area (Å²) in [5.74, 6) is 0.812. The molecule has 1 heterocycles. The highest BCUT2D eigenvalue weighted by molar-refractivity contribution is 5.85. The Bertz CT molecular complexity index is 116. The van der Waals surface area contributed by atoms with E-state index in [4.69, 9.17) is 5.11 Å². The van der Waals surface area contributed by atoms with Gasteiger partial charge in [0.15, 0.2) is 0 Å². The van der Waals surface area contributed by atoms with E-state index in [0.717, 1.165) is 12.5 Å². The van der Waals surface area contributed by atoms with Crippen molar-refractivity contribution in [2.24, 2.45) is 5.92 Å². The molecule has 9 heavy (non-hydrogen) atoms. The average Bonchev–Trinajstić information content (AvgIpc) is 2.38. The van der Waals surface area contributed by atoms with Gasteiger partial charge in [0, 0.05) is 5.54 Å². The number of piperidine rings is 1. The van der Waals surface area contributed by atoms with Crippen molar-refractivity contribution in [3.05, 3.63) is 0 Å². The number of hydrogen-bond acceptors (Lipinski definition) is 2. The predicted molar refractivity (Wildman–Crippen MR) is 37.8 cm³/mol. The third-order valence-corrected chi connectivity index (χ3v) is 2.48. The van der Waals surface area contributed by atoms with Gasteiger partial charge in [-0.1, -0.05) is 0 Å². The molecule has 0 bridgehead atoms. The van der Waals surface area contributed by atoms with Crippen LogP contribution in [0.15, 0.2) is 0 Å². The minimum atomic E-state index is 0. The van der Waals surface area contributed by atoms with Crippen LogP contribution in [0, 0.1) is 5.92 Å². The number of aliphatic hydroxyl groups excluding tert-OH is 1. The van der Waals surface area contributed by atoms with Crippen molar-refractivity contribution in [2.75, 3.05) is 13.2 Å². The molecule has 0 aromatic carbocycles. The molecule has 2 nitrogen and oxygen atoms in total. The van der Waals surface area contributed by atoms with Gasteiger partial charge in [0.1, 0.15) is 0 Å². The number of hydrogen-bond donors (Lipinski definition) is 2. The van der Waals surface area contributed by atoms with Crippen LogP contribution in [0.2, 0.25) is 0 Å². The van der Waals surface area contributed by atoms with Crippen molar-refractivity contribution in [1.29, 1.82) is 0 Å². The SMILES string of the molecule is Cl.OC[C@@]12C[C@@H]1CCN2. The van der Waals surface area contributed by atoms with Crippen molar-refractivity contribution in [3.63, 3.8) is 0 Å². The first-order valence-corrected chi connectivity index (χ1v) is 3.23. The number of halogens is 1. The van der Waals surface area contributed by atoms with Crippen LogP contribution in [-0.4, -0.2) is 23.8 Å². The first-order chi connectivity index (χ1) is 3.87. The summed E-state index contributed by atoms with van der Waals surface area (Å²) < 4.78 is 0. The highest BCUT2D eigenvalue weighted by Gasteiger charge is 2.56. The number of fused-ring (bicyclic) bond motifs is 1. The fraction of sp³-hybridized carbons (Fsp3) is 1.00. The maximum absolute atomic E-state index is 8.80. The molecule has 0 aromatic heterocycles. The summed E-state index contributed by atoms with van der Waals surface area (Å²) in [6, 6.07) is 0. The normalized spacial score (nSPS) is 45.7. The molecular weight excluding hydrogens is 138 g/mol. The summed E-state index contributed by atoms with van der Waals surface area (Å²) in [7, 11) is 0. The second kappa shape index (κ2) is 2.11. The molecule has 1 saturated carbocycles. The smallest absolute Gasteiger partial charge is 0.0616 e. The monoisotopic (exact) mass is 149 g/mol. The van der Waals surface area contributed by atoms with Gasteiger partial charge in [-0.3, -0.25) is 0 Å². The first-order valence-electron chi connectivity index (χ1n) is 3.23. The van der Waals surface area contributed by atoms with Gasteiger partial charge >= 0.3 is 0 Å². The van der Waals surface area contributed by atoms with Gasteiger partial charge in [0.2, 0.25) is 0 Å². The molecule has 2 N–H and O–H groups in total. The number of nitrogens with one attached hydrogen (secondary N) is 1. The van der Waals surface area contributed by atoms with Gasteiger partial charge in [-0.15, -0.1) is 12.4 Å². The Kier molecular flexibility index (Phi) is 1.72. The van der Waals surface area contributed by atoms with E-state index in [0.29, 0.717) is 6.61 Å². The summed E-state index contributed by atoms with van der Waals surface area (Å²) in [5.41, 5.74) is 0.208. The molecule has 0 amide bonds. The quantitative estimate of drug-likeness (QED) is 0.557. The lowest BCUT2D eigenvalue weighted by molar-refractivity contribution is 0.236. The van der Waals surface area contributed by atoms with Gasteiger partial charge in [-0.05, 0) is 25.3 Å². The van der Waals surface area contributed by atoms with E-state index in [1.54, 1.807) is 0 Å². The van der Waals surface area contributed by atoms with Gasteiger partial charge in [-0.25, -0.2) is 0 Å². The van der Waals surface area contributed by atoms with Gasteiger partial charge in [0.25, 0.3) is 0 Å². The summed E-state index contributed by atoms with van der Waals surface area (Å²) in [6.45, 7) is 1.46. The van der Waals surface area contributed by atoms with Crippen LogP contribution in [0.1, 0.15) is 12.8 Å². The van der Waals surface area contributed by atoms with Crippen LogP contribution < -0.4 is 5.32 Å². The van der Waals surface area contributed by atoms with Gasteiger partial charge in [0.05, 0.1) is 6.61 Å². The summed E-state index contributed by atoms with van der Waals surface area (Å²) >= 11 is 0. The topological polar surface area (TPSA) is 32.3 Å². The first kappa shape index (κ1) is 7.32. The molecule has 54 valence electrons. The highest BCUT2D eigenvalue weighted by atomic mass is 35.5. The Hall–Kier alpha value is 0.210. The van der Waals surface area contributed by atoms with E-state index < -0.39 is 0 Å². The Morgan fingerprint density at radius 3 is 2.67 bits per heavy atom. The Balaban J connectivity index is 0.000000405. The summed E-state index contributed by atoms with van der Waals surface area (Å²) in [6.07, 6.45) is 2.49. The van der Waals surface area contributed by atoms with Crippen molar-refractivity contribution in [3.8, 4) is 0 Å². The Morgan fingerprint density at radius 2 is 2.44 bits per heavy atom. The zero-order valence-electron chi connectivity index (χ0n) is 5.26. The highest BCUT2D eigenvalue weighted by Crippen LogP contribution is 2.48. The molecule has 0 radical (unpaired) electrons. The lowest BCUT2D eigenvalue weighted by atomic mass is 10.2. The second-order valence-electron chi connectivity index (χ2n) is 2.93. The molecule has 0 aromatic rings. The third kappa shape index (κ3) is 0.858. The number of aliphatic hydroxyl groups is 1. The van der Waals surface area contributed by atoms with Crippen LogP contribution in [0.3, 0.4) is 0 Å². The van der Waals surface area contributed by atoms with Crippen LogP contribution >= 0.6 is 12.4 Å². The van der Waals surface area contributed by atoms with Crippen LogP contribution in [0.5, 0.6) is 0 Å². The standard InChI is InChI=1S/C6H11NO.ClH/c8-4-6-3-5(6)1-2-7-6;/h5,7-8H,1-4H2;1H/t5-,6-;/m0./s1. The lowest BCUT2D eigenvalue weighted by Gasteiger charge is -2.06. The second-order valence-corrected chi connectivity index (χ2v) is 2.93. The maximum Gasteiger partial charge on any atom is 0.0616 e. The fourth-order valence-electron chi connectivity index (χ4n) is 1.72. The Labute approximate surface area is 61.0 Å². The van der Waals surface area contributed by atoms with Gasteiger partial charge < -0.3 is 10.4 Å². The largest absolute Gasteiger partial charge is 0.394 e. The molecule has 0 spiro atoms. The van der Waals surface area contributed by atoms with E-state index in [-0.39, 0.29) is 17.9 Å². The van der Waals surface area contributed by atoms with E-state index in [2.05, 4.69) is 5.32 Å². The molecule has 0 unspecified atom stereocenters. The van der Waals surface area contributed by atoms with Gasteiger partial charge in [-0.2, -0.15) is 0 Å². The molecule has 3 heteroatoms. The van der Waals surface area contributed by atoms with E-state index in [1.165, 1.54) is 12.8 Å². The van der Waals surface area contributed by atoms with Crippen LogP contribution in [0.25, 0.3) is 0 Å². The van der Waals surface area contributed by atoms with E-state index >= 15 is 0 Å². The Morgan fingerprint density at radius 1 is 1.67 bits per heavy atom. The zero-order valence-corrected chi connectivity index (χ0v) is 6.08. The number of rotatable bonds is 1. The third-order valence-electron chi connectivity index (χ3n) is 2.48. The molecular formula is C6H12ClNO. The lowest BCUT2D eigenvalue weighted by Crippen LogP contribution is -2.31. The van der Waals surface area contributed by atoms with Crippen molar-refractivity contribution >= 4 is 12.4 Å². The zero-order chi connectivity index (χ0) is 5.61. The van der Waals surface area contributed by atoms with Crippen molar-refractivity contribution in [2.45, 2.75) is 18.4 Å². The van der Waals surface area contributed by atoms with Crippen LogP contribution in [0.4, 0.5) is 0 Å². The predicted octanol–water partition coefficient (Wildman–Crippen LogP) is 0.152. The van der Waals surface area contributed by atoms with Crippen molar-refractivity contribution < 1.29 is 5.11 Å². The van der Waals surface area contributed by atoms with E-state index in [1.807, 2.05) is 0 Å². The molecule has 2 fully saturated rings. The minimum absolute atomic E-state index is 0. The average molecular weight is 150 g/mol. The molecule has 1 aliphatic carbocycles. The fourth-order valence-corrected chi connectivity index (χ4v) is 1.72. The molecule has 2 aliphatic rings. The van der Waals surface area contributed by atoms with E-state index in [9.17, 15) is 0 Å². The van der Waals surface area contributed by atoms with Crippen molar-refractivity contribution in [1.82, 2.24) is 5.32 Å². The molecule has 1 aliphatic heterocycles. The summed E-state index contributed by atoms with van der Waals surface area (Å²) in [4.78, 5) is 0. The minimum Gasteiger partial charge on any atom is -0.394 e. The summed E-state index contributed by atoms with van der Waals surface area (Å²) in [5, 5.41) is 12.1. The molecule has 1 saturated heterocycles. The van der Waals surface area contributed by atoms with Crippen LogP contribution in [-0.2, 0) is 0 Å². The molecule has 2 atom stereocenters. The molecule has 2 rings (SSSR count). The maximum atomic E-state index is 8.80.